The molecule has 6 heteroatoms. The molecule has 4 nitrogen and oxygen atoms in total. The number of nitrogens with zero attached hydrogens (tertiary/aromatic N) is 3. The lowest BCUT2D eigenvalue weighted by atomic mass is 10.1. The predicted molar refractivity (Wildman–Crippen MR) is 62.8 cm³/mol. The SMILES string of the molecule is COc1c(C)cccc1-c1ncnn1CC(F)F. The van der Waals surface area contributed by atoms with Crippen LogP contribution in [0.5, 0.6) is 5.75 Å². The Hall–Kier alpha value is -1.98. The quantitative estimate of drug-likeness (QED) is 0.840. The molecule has 1 aromatic heterocycles. The van der Waals surface area contributed by atoms with Crippen molar-refractivity contribution in [3.05, 3.63) is 30.1 Å². The average Bonchev–Trinajstić information content (AvgIpc) is 2.75. The number of para-hydroxylation sites is 1. The Balaban J connectivity index is 2.49. The minimum Gasteiger partial charge on any atom is -0.496 e. The second kappa shape index (κ2) is 5.12. The number of alkyl halides is 2. The fraction of sp³-hybridized carbons (Fsp3) is 0.333. The van der Waals surface area contributed by atoms with Gasteiger partial charge in [-0.2, -0.15) is 5.10 Å². The lowest BCUT2D eigenvalue weighted by Crippen LogP contribution is -2.10. The van der Waals surface area contributed by atoms with Crippen molar-refractivity contribution in [1.29, 1.82) is 0 Å². The Morgan fingerprint density at radius 1 is 1.39 bits per heavy atom. The van der Waals surface area contributed by atoms with E-state index in [0.29, 0.717) is 17.1 Å². The van der Waals surface area contributed by atoms with Crippen LogP contribution in [0.1, 0.15) is 5.56 Å². The van der Waals surface area contributed by atoms with E-state index in [2.05, 4.69) is 10.1 Å². The fourth-order valence-corrected chi connectivity index (χ4v) is 1.84. The lowest BCUT2D eigenvalue weighted by Gasteiger charge is -2.11. The normalized spacial score (nSPS) is 10.9. The summed E-state index contributed by atoms with van der Waals surface area (Å²) >= 11 is 0. The van der Waals surface area contributed by atoms with Gasteiger partial charge in [0.25, 0.3) is 6.43 Å². The molecule has 0 N–H and O–H groups in total. The van der Waals surface area contributed by atoms with Crippen LogP contribution in [0.2, 0.25) is 0 Å². The Morgan fingerprint density at radius 2 is 2.17 bits per heavy atom. The molecular weight excluding hydrogens is 240 g/mol. The van der Waals surface area contributed by atoms with Crippen LogP contribution >= 0.6 is 0 Å². The minimum atomic E-state index is -2.47. The second-order valence-electron chi connectivity index (χ2n) is 3.81. The predicted octanol–water partition coefficient (Wildman–Crippen LogP) is 2.53. The first-order chi connectivity index (χ1) is 8.63. The first-order valence-electron chi connectivity index (χ1n) is 5.43. The van der Waals surface area contributed by atoms with Crippen molar-refractivity contribution in [3.63, 3.8) is 0 Å². The van der Waals surface area contributed by atoms with Crippen molar-refractivity contribution in [3.8, 4) is 17.1 Å². The maximum atomic E-state index is 12.4. The molecule has 1 heterocycles. The van der Waals surface area contributed by atoms with Gasteiger partial charge in [0.1, 0.15) is 18.6 Å². The third kappa shape index (κ3) is 2.32. The van der Waals surface area contributed by atoms with Crippen LogP contribution in [0.3, 0.4) is 0 Å². The Kier molecular flexibility index (Phi) is 3.55. The van der Waals surface area contributed by atoms with Gasteiger partial charge in [-0.25, -0.2) is 18.4 Å². The molecule has 0 amide bonds. The molecule has 0 spiro atoms. The number of ether oxygens (including phenoxy) is 1. The topological polar surface area (TPSA) is 39.9 Å². The molecule has 1 aromatic carbocycles. The van der Waals surface area contributed by atoms with Crippen LogP contribution in [-0.4, -0.2) is 28.3 Å². The van der Waals surface area contributed by atoms with E-state index in [1.54, 1.807) is 13.2 Å². The number of rotatable bonds is 4. The summed E-state index contributed by atoms with van der Waals surface area (Å²) in [6, 6.07) is 5.49. The standard InChI is InChI=1S/C12H13F2N3O/c1-8-4-3-5-9(11(8)18-2)12-15-7-16-17(12)6-10(13)14/h3-5,7,10H,6H2,1-2H3. The molecule has 18 heavy (non-hydrogen) atoms. The van der Waals surface area contributed by atoms with E-state index in [1.165, 1.54) is 11.0 Å². The summed E-state index contributed by atoms with van der Waals surface area (Å²) in [6.45, 7) is 1.41. The van der Waals surface area contributed by atoms with Gasteiger partial charge in [-0.1, -0.05) is 12.1 Å². The number of benzene rings is 1. The second-order valence-corrected chi connectivity index (χ2v) is 3.81. The average molecular weight is 253 g/mol. The maximum absolute atomic E-state index is 12.4. The van der Waals surface area contributed by atoms with Gasteiger partial charge in [-0.3, -0.25) is 0 Å². The number of hydrogen-bond donors (Lipinski definition) is 0. The molecule has 0 bridgehead atoms. The van der Waals surface area contributed by atoms with Crippen molar-refractivity contribution >= 4 is 0 Å². The van der Waals surface area contributed by atoms with E-state index in [1.807, 2.05) is 19.1 Å². The first-order valence-corrected chi connectivity index (χ1v) is 5.43. The fourth-order valence-electron chi connectivity index (χ4n) is 1.84. The molecule has 96 valence electrons. The van der Waals surface area contributed by atoms with Crippen LogP contribution in [0.25, 0.3) is 11.4 Å². The van der Waals surface area contributed by atoms with Gasteiger partial charge in [-0.05, 0) is 18.6 Å². The van der Waals surface area contributed by atoms with E-state index in [-0.39, 0.29) is 0 Å². The molecule has 0 unspecified atom stereocenters. The zero-order valence-corrected chi connectivity index (χ0v) is 10.1. The van der Waals surface area contributed by atoms with Crippen LogP contribution < -0.4 is 4.74 Å². The Bertz CT molecular complexity index is 540. The summed E-state index contributed by atoms with van der Waals surface area (Å²) in [6.07, 6.45) is -1.21. The summed E-state index contributed by atoms with van der Waals surface area (Å²) in [4.78, 5) is 4.03. The zero-order chi connectivity index (χ0) is 13.1. The number of halogens is 2. The van der Waals surface area contributed by atoms with Crippen LogP contribution in [0.4, 0.5) is 8.78 Å². The van der Waals surface area contributed by atoms with Crippen molar-refractivity contribution < 1.29 is 13.5 Å². The largest absolute Gasteiger partial charge is 0.496 e. The zero-order valence-electron chi connectivity index (χ0n) is 10.1. The highest BCUT2D eigenvalue weighted by Crippen LogP contribution is 2.31. The highest BCUT2D eigenvalue weighted by molar-refractivity contribution is 5.66. The maximum Gasteiger partial charge on any atom is 0.258 e. The highest BCUT2D eigenvalue weighted by Gasteiger charge is 2.16. The smallest absolute Gasteiger partial charge is 0.258 e. The third-order valence-electron chi connectivity index (χ3n) is 2.58. The van der Waals surface area contributed by atoms with Crippen molar-refractivity contribution in [2.45, 2.75) is 19.9 Å². The van der Waals surface area contributed by atoms with Gasteiger partial charge in [-0.15, -0.1) is 0 Å². The van der Waals surface area contributed by atoms with Crippen LogP contribution in [-0.2, 0) is 6.54 Å². The molecule has 2 aromatic rings. The lowest BCUT2D eigenvalue weighted by molar-refractivity contribution is 0.122. The van der Waals surface area contributed by atoms with Gasteiger partial charge < -0.3 is 4.74 Å². The number of hydrogen-bond acceptors (Lipinski definition) is 3. The summed E-state index contributed by atoms with van der Waals surface area (Å²) in [5, 5.41) is 3.81. The van der Waals surface area contributed by atoms with E-state index >= 15 is 0 Å². The van der Waals surface area contributed by atoms with E-state index in [9.17, 15) is 8.78 Å². The third-order valence-corrected chi connectivity index (χ3v) is 2.58. The van der Waals surface area contributed by atoms with E-state index in [0.717, 1.165) is 5.56 Å². The van der Waals surface area contributed by atoms with Gasteiger partial charge in [0, 0.05) is 0 Å². The Labute approximate surface area is 103 Å². The molecule has 0 atom stereocenters. The summed E-state index contributed by atoms with van der Waals surface area (Å²) in [5.74, 6) is 1.01. The van der Waals surface area contributed by atoms with Gasteiger partial charge in [0.2, 0.25) is 0 Å². The van der Waals surface area contributed by atoms with Crippen molar-refractivity contribution in [2.75, 3.05) is 7.11 Å². The molecule has 0 aliphatic heterocycles. The molecule has 0 aliphatic rings. The first kappa shape index (κ1) is 12.5. The molecule has 0 radical (unpaired) electrons. The van der Waals surface area contributed by atoms with Crippen molar-refractivity contribution in [2.24, 2.45) is 0 Å². The molecule has 0 saturated heterocycles. The number of aromatic nitrogens is 3. The number of aryl methyl sites for hydroxylation is 1. The van der Waals surface area contributed by atoms with Gasteiger partial charge in [0.05, 0.1) is 12.7 Å². The molecule has 0 saturated carbocycles. The van der Waals surface area contributed by atoms with E-state index < -0.39 is 13.0 Å². The molecule has 2 rings (SSSR count). The Morgan fingerprint density at radius 3 is 2.83 bits per heavy atom. The van der Waals surface area contributed by atoms with Gasteiger partial charge >= 0.3 is 0 Å². The summed E-state index contributed by atoms with van der Waals surface area (Å²) < 4.78 is 31.3. The van der Waals surface area contributed by atoms with Crippen LogP contribution in [0.15, 0.2) is 24.5 Å². The summed E-state index contributed by atoms with van der Waals surface area (Å²) in [5.41, 5.74) is 1.58. The minimum absolute atomic E-state index is 0.385. The molecule has 0 aliphatic carbocycles. The van der Waals surface area contributed by atoms with Crippen LogP contribution in [0, 0.1) is 6.92 Å². The van der Waals surface area contributed by atoms with Gasteiger partial charge in [0.15, 0.2) is 5.82 Å². The highest BCUT2D eigenvalue weighted by atomic mass is 19.3. The van der Waals surface area contributed by atoms with Crippen molar-refractivity contribution in [1.82, 2.24) is 14.8 Å². The monoisotopic (exact) mass is 253 g/mol. The number of methoxy groups -OCH3 is 1. The van der Waals surface area contributed by atoms with E-state index in [4.69, 9.17) is 4.74 Å². The molecular formula is C12H13F2N3O. The molecule has 0 fully saturated rings. The summed E-state index contributed by atoms with van der Waals surface area (Å²) in [7, 11) is 1.54.